The maximum atomic E-state index is 11.4. The van der Waals surface area contributed by atoms with Crippen LogP contribution in [0, 0.1) is 0 Å². The van der Waals surface area contributed by atoms with Gasteiger partial charge >= 0.3 is 5.97 Å². The van der Waals surface area contributed by atoms with Gasteiger partial charge in [-0.25, -0.2) is 0 Å². The van der Waals surface area contributed by atoms with Crippen molar-refractivity contribution in [2.75, 3.05) is 21.3 Å². The molecule has 2 rings (SSSR count). The Morgan fingerprint density at radius 2 is 1.81 bits per heavy atom. The second-order valence-corrected chi connectivity index (χ2v) is 5.17. The molecule has 2 N–H and O–H groups in total. The van der Waals surface area contributed by atoms with Crippen molar-refractivity contribution in [1.29, 1.82) is 0 Å². The fourth-order valence-electron chi connectivity index (χ4n) is 2.67. The summed E-state index contributed by atoms with van der Waals surface area (Å²) in [4.78, 5) is 11.4. The molecule has 0 aromatic heterocycles. The summed E-state index contributed by atoms with van der Waals surface area (Å²) in [5.74, 6) is 1.06. The first kappa shape index (κ1) is 15.4. The highest BCUT2D eigenvalue weighted by Crippen LogP contribution is 2.35. The van der Waals surface area contributed by atoms with Gasteiger partial charge in [-0.05, 0) is 19.9 Å². The van der Waals surface area contributed by atoms with Crippen molar-refractivity contribution in [2.45, 2.75) is 30.9 Å². The summed E-state index contributed by atoms with van der Waals surface area (Å²) in [6.07, 6.45) is 1.51. The van der Waals surface area contributed by atoms with Gasteiger partial charge in [-0.3, -0.25) is 4.79 Å². The summed E-state index contributed by atoms with van der Waals surface area (Å²) in [7, 11) is 4.82. The van der Waals surface area contributed by atoms with E-state index < -0.39 is 11.5 Å². The lowest BCUT2D eigenvalue weighted by Gasteiger charge is -2.23. The number of carboxylic acids is 1. The van der Waals surface area contributed by atoms with Crippen molar-refractivity contribution < 1.29 is 24.1 Å². The minimum absolute atomic E-state index is 0.148. The molecule has 0 bridgehead atoms. The number of methoxy groups -OCH3 is 2. The zero-order valence-corrected chi connectivity index (χ0v) is 12.5. The first-order valence-electron chi connectivity index (χ1n) is 6.85. The highest BCUT2D eigenvalue weighted by molar-refractivity contribution is 5.79. The molecule has 0 heterocycles. The van der Waals surface area contributed by atoms with Crippen LogP contribution in [0.2, 0.25) is 0 Å². The van der Waals surface area contributed by atoms with Crippen molar-refractivity contribution in [1.82, 2.24) is 5.32 Å². The molecule has 1 aliphatic rings. The molecule has 2 unspecified atom stereocenters. The summed E-state index contributed by atoms with van der Waals surface area (Å²) in [5.41, 5.74) is -0.895. The molecule has 6 nitrogen and oxygen atoms in total. The third-order valence-corrected chi connectivity index (χ3v) is 3.98. The Morgan fingerprint density at radius 3 is 2.24 bits per heavy atom. The third-order valence-electron chi connectivity index (χ3n) is 3.98. The van der Waals surface area contributed by atoms with Crippen LogP contribution in [0.1, 0.15) is 19.3 Å². The maximum absolute atomic E-state index is 11.4. The number of carboxylic acid groups (broad SMARTS) is 1. The van der Waals surface area contributed by atoms with E-state index in [0.717, 1.165) is 0 Å². The fourth-order valence-corrected chi connectivity index (χ4v) is 2.67. The van der Waals surface area contributed by atoms with Gasteiger partial charge in [0.25, 0.3) is 0 Å². The highest BCUT2D eigenvalue weighted by Gasteiger charge is 2.45. The normalized spacial score (nSPS) is 24.6. The molecule has 21 heavy (non-hydrogen) atoms. The van der Waals surface area contributed by atoms with E-state index in [4.69, 9.17) is 14.2 Å². The standard InChI is InChI=1S/C15H21NO5/c1-16-15(14(17)18)5-4-10(9-15)21-13-7-11(19-2)6-12(8-13)20-3/h6-8,10,16H,4-5,9H2,1-3H3,(H,17,18). The van der Waals surface area contributed by atoms with Crippen LogP contribution in [0.3, 0.4) is 0 Å². The minimum atomic E-state index is -0.895. The molecule has 1 aromatic carbocycles. The molecule has 0 radical (unpaired) electrons. The number of aliphatic carboxylic acids is 1. The zero-order chi connectivity index (χ0) is 15.5. The van der Waals surface area contributed by atoms with E-state index in [1.165, 1.54) is 0 Å². The second-order valence-electron chi connectivity index (χ2n) is 5.17. The Hall–Kier alpha value is -1.95. The van der Waals surface area contributed by atoms with Crippen LogP contribution >= 0.6 is 0 Å². The van der Waals surface area contributed by atoms with Gasteiger partial charge < -0.3 is 24.6 Å². The van der Waals surface area contributed by atoms with Gasteiger partial charge in [-0.15, -0.1) is 0 Å². The Labute approximate surface area is 124 Å². The van der Waals surface area contributed by atoms with Crippen molar-refractivity contribution in [3.63, 3.8) is 0 Å². The monoisotopic (exact) mass is 295 g/mol. The number of benzene rings is 1. The molecule has 0 aliphatic heterocycles. The molecule has 1 aromatic rings. The van der Waals surface area contributed by atoms with E-state index in [2.05, 4.69) is 5.32 Å². The molecule has 1 aliphatic carbocycles. The van der Waals surface area contributed by atoms with Gasteiger partial charge in [-0.2, -0.15) is 0 Å². The molecule has 116 valence electrons. The molecule has 0 spiro atoms. The van der Waals surface area contributed by atoms with Crippen LogP contribution in [0.15, 0.2) is 18.2 Å². The summed E-state index contributed by atoms with van der Waals surface area (Å²) in [6, 6.07) is 5.29. The van der Waals surface area contributed by atoms with Crippen LogP contribution in [0.4, 0.5) is 0 Å². The van der Waals surface area contributed by atoms with Gasteiger partial charge in [-0.1, -0.05) is 0 Å². The Kier molecular flexibility index (Phi) is 4.57. The second kappa shape index (κ2) is 6.22. The Morgan fingerprint density at radius 1 is 1.24 bits per heavy atom. The van der Waals surface area contributed by atoms with E-state index in [1.807, 2.05) is 0 Å². The number of carbonyl (C=O) groups is 1. The molecule has 1 fully saturated rings. The molecule has 0 saturated heterocycles. The number of ether oxygens (including phenoxy) is 3. The van der Waals surface area contributed by atoms with Crippen molar-refractivity contribution in [3.05, 3.63) is 18.2 Å². The SMILES string of the molecule is CNC1(C(=O)O)CCC(Oc2cc(OC)cc(OC)c2)C1. The highest BCUT2D eigenvalue weighted by atomic mass is 16.5. The van der Waals surface area contributed by atoms with Gasteiger partial charge in [0.1, 0.15) is 28.9 Å². The molecule has 1 saturated carbocycles. The van der Waals surface area contributed by atoms with Crippen LogP contribution in [0.25, 0.3) is 0 Å². The summed E-state index contributed by atoms with van der Waals surface area (Å²) in [5, 5.41) is 12.3. The number of nitrogens with one attached hydrogen (secondary N) is 1. The Bertz CT molecular complexity index is 497. The maximum Gasteiger partial charge on any atom is 0.324 e. The van der Waals surface area contributed by atoms with Gasteiger partial charge in [0.05, 0.1) is 14.2 Å². The molecular weight excluding hydrogens is 274 g/mol. The predicted molar refractivity (Wildman–Crippen MR) is 77.2 cm³/mol. The smallest absolute Gasteiger partial charge is 0.324 e. The van der Waals surface area contributed by atoms with E-state index in [9.17, 15) is 9.90 Å². The van der Waals surface area contributed by atoms with Crippen molar-refractivity contribution in [2.24, 2.45) is 0 Å². The fraction of sp³-hybridized carbons (Fsp3) is 0.533. The lowest BCUT2D eigenvalue weighted by molar-refractivity contribution is -0.144. The van der Waals surface area contributed by atoms with Gasteiger partial charge in [0.15, 0.2) is 0 Å². The first-order chi connectivity index (χ1) is 10.0. The number of hydrogen-bond acceptors (Lipinski definition) is 5. The number of hydrogen-bond donors (Lipinski definition) is 2. The van der Waals surface area contributed by atoms with Crippen LogP contribution in [-0.4, -0.2) is 44.0 Å². The Balaban J connectivity index is 2.11. The van der Waals surface area contributed by atoms with Crippen molar-refractivity contribution in [3.8, 4) is 17.2 Å². The van der Waals surface area contributed by atoms with Crippen LogP contribution in [0.5, 0.6) is 17.2 Å². The van der Waals surface area contributed by atoms with E-state index in [-0.39, 0.29) is 6.10 Å². The topological polar surface area (TPSA) is 77.0 Å². The first-order valence-corrected chi connectivity index (χ1v) is 6.85. The van der Waals surface area contributed by atoms with E-state index in [1.54, 1.807) is 39.5 Å². The quantitative estimate of drug-likeness (QED) is 0.831. The van der Waals surface area contributed by atoms with Gasteiger partial charge in [0.2, 0.25) is 0 Å². The number of rotatable bonds is 6. The molecule has 6 heteroatoms. The zero-order valence-electron chi connectivity index (χ0n) is 12.5. The molecule has 2 atom stereocenters. The largest absolute Gasteiger partial charge is 0.496 e. The van der Waals surface area contributed by atoms with Crippen LogP contribution in [-0.2, 0) is 4.79 Å². The average Bonchev–Trinajstić information content (AvgIpc) is 2.91. The molecule has 0 amide bonds. The summed E-state index contributed by atoms with van der Waals surface area (Å²) < 4.78 is 16.3. The lowest BCUT2D eigenvalue weighted by atomic mass is 9.98. The summed E-state index contributed by atoms with van der Waals surface area (Å²) in [6.45, 7) is 0. The lowest BCUT2D eigenvalue weighted by Crippen LogP contribution is -2.48. The van der Waals surface area contributed by atoms with Crippen LogP contribution < -0.4 is 19.5 Å². The van der Waals surface area contributed by atoms with E-state index >= 15 is 0 Å². The van der Waals surface area contributed by atoms with E-state index in [0.29, 0.717) is 36.5 Å². The average molecular weight is 295 g/mol. The number of likely N-dealkylation sites (N-methyl/N-ethyl adjacent to an activating group) is 1. The van der Waals surface area contributed by atoms with Gasteiger partial charge in [0, 0.05) is 24.6 Å². The van der Waals surface area contributed by atoms with Crippen molar-refractivity contribution >= 4 is 5.97 Å². The minimum Gasteiger partial charge on any atom is -0.496 e. The predicted octanol–water partition coefficient (Wildman–Crippen LogP) is 1.68. The molecular formula is C15H21NO5. The third kappa shape index (κ3) is 3.21. The summed E-state index contributed by atoms with van der Waals surface area (Å²) >= 11 is 0.